The average molecular weight is 909 g/mol. The van der Waals surface area contributed by atoms with Gasteiger partial charge in [-0.05, 0) is 64.2 Å². The second-order valence-electron chi connectivity index (χ2n) is 18.5. The quantitative estimate of drug-likeness (QED) is 0.0262. The van der Waals surface area contributed by atoms with Crippen LogP contribution >= 0.6 is 0 Å². The number of carbonyl (C=O) groups excluding carboxylic acids is 3. The van der Waals surface area contributed by atoms with E-state index in [1.807, 2.05) is 0 Å². The van der Waals surface area contributed by atoms with Crippen LogP contribution in [-0.2, 0) is 28.6 Å². The van der Waals surface area contributed by atoms with Crippen LogP contribution in [0, 0.1) is 0 Å². The van der Waals surface area contributed by atoms with Crippen LogP contribution in [0.15, 0.2) is 60.8 Å². The number of allylic oxidation sites excluding steroid dienone is 10. The number of hydrogen-bond acceptors (Lipinski definition) is 6. The third-order valence-electron chi connectivity index (χ3n) is 12.0. The van der Waals surface area contributed by atoms with Gasteiger partial charge in [-0.1, -0.05) is 255 Å². The number of esters is 3. The van der Waals surface area contributed by atoms with E-state index in [1.54, 1.807) is 0 Å². The summed E-state index contributed by atoms with van der Waals surface area (Å²) in [7, 11) is 0. The molecule has 376 valence electrons. The van der Waals surface area contributed by atoms with Crippen molar-refractivity contribution in [2.24, 2.45) is 0 Å². The van der Waals surface area contributed by atoms with Gasteiger partial charge in [-0.15, -0.1) is 0 Å². The van der Waals surface area contributed by atoms with E-state index in [1.165, 1.54) is 141 Å². The largest absolute Gasteiger partial charge is 0.462 e. The maximum atomic E-state index is 12.8. The second kappa shape index (κ2) is 53.7. The zero-order valence-corrected chi connectivity index (χ0v) is 43.0. The van der Waals surface area contributed by atoms with Crippen molar-refractivity contribution < 1.29 is 28.6 Å². The van der Waals surface area contributed by atoms with Crippen LogP contribution in [0.3, 0.4) is 0 Å². The minimum atomic E-state index is -0.786. The van der Waals surface area contributed by atoms with Crippen LogP contribution in [0.4, 0.5) is 0 Å². The van der Waals surface area contributed by atoms with Gasteiger partial charge in [-0.25, -0.2) is 0 Å². The zero-order valence-electron chi connectivity index (χ0n) is 43.0. The lowest BCUT2D eigenvalue weighted by molar-refractivity contribution is -0.167. The average Bonchev–Trinajstić information content (AvgIpc) is 3.30. The maximum Gasteiger partial charge on any atom is 0.306 e. The molecule has 65 heavy (non-hydrogen) atoms. The molecule has 0 fully saturated rings. The molecule has 0 saturated heterocycles. The summed E-state index contributed by atoms with van der Waals surface area (Å²) >= 11 is 0. The summed E-state index contributed by atoms with van der Waals surface area (Å²) in [6, 6.07) is 0. The molecule has 0 aliphatic rings. The van der Waals surface area contributed by atoms with Gasteiger partial charge < -0.3 is 14.2 Å². The lowest BCUT2D eigenvalue weighted by Gasteiger charge is -2.18. The van der Waals surface area contributed by atoms with Gasteiger partial charge in [0.2, 0.25) is 0 Å². The van der Waals surface area contributed by atoms with Gasteiger partial charge in [0.15, 0.2) is 6.10 Å². The summed E-state index contributed by atoms with van der Waals surface area (Å²) in [6.45, 7) is 6.46. The maximum absolute atomic E-state index is 12.8. The number of ether oxygens (including phenoxy) is 3. The fourth-order valence-corrected chi connectivity index (χ4v) is 7.88. The van der Waals surface area contributed by atoms with E-state index in [-0.39, 0.29) is 31.1 Å². The van der Waals surface area contributed by atoms with Crippen LogP contribution in [0.1, 0.15) is 278 Å². The van der Waals surface area contributed by atoms with Crippen LogP contribution in [-0.4, -0.2) is 37.2 Å². The van der Waals surface area contributed by atoms with Crippen LogP contribution < -0.4 is 0 Å². The summed E-state index contributed by atoms with van der Waals surface area (Å²) in [5, 5.41) is 0. The van der Waals surface area contributed by atoms with Gasteiger partial charge in [-0.2, -0.15) is 0 Å². The summed E-state index contributed by atoms with van der Waals surface area (Å²) in [5.74, 6) is -0.919. The molecule has 0 heterocycles. The molecule has 1 atom stereocenters. The Morgan fingerprint density at radius 2 is 0.600 bits per heavy atom. The number of carbonyl (C=O) groups is 3. The smallest absolute Gasteiger partial charge is 0.306 e. The molecule has 0 aliphatic heterocycles. The predicted octanol–water partition coefficient (Wildman–Crippen LogP) is 18.4. The van der Waals surface area contributed by atoms with Crippen LogP contribution in [0.25, 0.3) is 0 Å². The Morgan fingerprint density at radius 1 is 0.323 bits per heavy atom. The lowest BCUT2D eigenvalue weighted by atomic mass is 10.0. The predicted molar refractivity (Wildman–Crippen MR) is 279 cm³/mol. The molecule has 0 rings (SSSR count). The van der Waals surface area contributed by atoms with Crippen molar-refractivity contribution in [2.45, 2.75) is 284 Å². The van der Waals surface area contributed by atoms with E-state index in [9.17, 15) is 14.4 Å². The van der Waals surface area contributed by atoms with Gasteiger partial charge >= 0.3 is 17.9 Å². The highest BCUT2D eigenvalue weighted by Gasteiger charge is 2.19. The first kappa shape index (κ1) is 62.1. The van der Waals surface area contributed by atoms with E-state index in [4.69, 9.17) is 14.2 Å². The van der Waals surface area contributed by atoms with Crippen molar-refractivity contribution in [3.05, 3.63) is 60.8 Å². The van der Waals surface area contributed by atoms with Gasteiger partial charge in [0, 0.05) is 19.3 Å². The minimum Gasteiger partial charge on any atom is -0.462 e. The van der Waals surface area contributed by atoms with Crippen molar-refractivity contribution in [3.8, 4) is 0 Å². The number of hydrogen-bond donors (Lipinski definition) is 0. The van der Waals surface area contributed by atoms with E-state index in [2.05, 4.69) is 81.5 Å². The first-order chi connectivity index (χ1) is 32.0. The summed E-state index contributed by atoms with van der Waals surface area (Å²) in [5.41, 5.74) is 0. The number of unbranched alkanes of at least 4 members (excludes halogenated alkanes) is 29. The molecule has 0 bridgehead atoms. The normalized spacial score (nSPS) is 12.5. The Labute approximate surface area is 402 Å². The Kier molecular flexibility index (Phi) is 51.3. The van der Waals surface area contributed by atoms with Crippen LogP contribution in [0.2, 0.25) is 0 Å². The molecule has 0 saturated carbocycles. The van der Waals surface area contributed by atoms with Gasteiger partial charge in [0.25, 0.3) is 0 Å². The molecule has 0 amide bonds. The molecule has 0 spiro atoms. The molecule has 6 nitrogen and oxygen atoms in total. The first-order valence-corrected chi connectivity index (χ1v) is 27.8. The van der Waals surface area contributed by atoms with E-state index >= 15 is 0 Å². The molecule has 0 radical (unpaired) electrons. The minimum absolute atomic E-state index is 0.0851. The topological polar surface area (TPSA) is 78.9 Å². The van der Waals surface area contributed by atoms with Crippen molar-refractivity contribution in [3.63, 3.8) is 0 Å². The van der Waals surface area contributed by atoms with E-state index in [0.717, 1.165) is 96.3 Å². The number of rotatable bonds is 50. The lowest BCUT2D eigenvalue weighted by Crippen LogP contribution is -2.30. The van der Waals surface area contributed by atoms with E-state index in [0.29, 0.717) is 19.3 Å². The Hall–Kier alpha value is -2.89. The summed E-state index contributed by atoms with van der Waals surface area (Å²) < 4.78 is 16.7. The fourth-order valence-electron chi connectivity index (χ4n) is 7.88. The molecular formula is C59H104O6. The first-order valence-electron chi connectivity index (χ1n) is 27.8. The van der Waals surface area contributed by atoms with Crippen molar-refractivity contribution in [2.75, 3.05) is 13.2 Å². The second-order valence-corrected chi connectivity index (χ2v) is 18.5. The van der Waals surface area contributed by atoms with Crippen molar-refractivity contribution in [1.82, 2.24) is 0 Å². The standard InChI is InChI=1S/C59H104O6/c1-4-7-10-13-16-18-20-22-24-26-28-29-30-32-33-35-37-39-41-43-46-49-52-58(61)64-55-56(54-63-57(60)51-48-45-15-12-9-6-3)65-59(62)53-50-47-44-42-40-38-36-34-31-27-25-23-21-19-17-14-11-8-5-2/h8,11,17,19,23,25,31,34,38,40,56H,4-7,9-10,12-16,18,20-22,24,26-30,32-33,35-37,39,41-55H2,1-3H3/b11-8-,19-17-,25-23-,34-31-,40-38-. The third-order valence-corrected chi connectivity index (χ3v) is 12.0. The van der Waals surface area contributed by atoms with Crippen molar-refractivity contribution in [1.29, 1.82) is 0 Å². The molecule has 1 unspecified atom stereocenters. The Morgan fingerprint density at radius 3 is 0.938 bits per heavy atom. The zero-order chi connectivity index (χ0) is 47.2. The van der Waals surface area contributed by atoms with Crippen molar-refractivity contribution >= 4 is 17.9 Å². The molecule has 0 N–H and O–H groups in total. The van der Waals surface area contributed by atoms with Crippen LogP contribution in [0.5, 0.6) is 0 Å². The highest BCUT2D eigenvalue weighted by Crippen LogP contribution is 2.16. The molecule has 0 aromatic heterocycles. The Balaban J connectivity index is 4.19. The molecular weight excluding hydrogens is 805 g/mol. The Bertz CT molecular complexity index is 1180. The molecule has 0 aromatic rings. The van der Waals surface area contributed by atoms with Gasteiger partial charge in [-0.3, -0.25) is 14.4 Å². The summed E-state index contributed by atoms with van der Waals surface area (Å²) in [6.07, 6.45) is 66.8. The van der Waals surface area contributed by atoms with E-state index < -0.39 is 6.10 Å². The highest BCUT2D eigenvalue weighted by molar-refractivity contribution is 5.71. The molecule has 0 aromatic carbocycles. The highest BCUT2D eigenvalue weighted by atomic mass is 16.6. The molecule has 6 heteroatoms. The molecule has 0 aliphatic carbocycles. The fraction of sp³-hybridized carbons (Fsp3) is 0.780. The van der Waals surface area contributed by atoms with Gasteiger partial charge in [0.05, 0.1) is 0 Å². The third kappa shape index (κ3) is 51.9. The SMILES string of the molecule is CC/C=C\C/C=C\C/C=C\C/C=C\C/C=C\CCCCCC(=O)OC(COC(=O)CCCCCCCC)COC(=O)CCCCCCCCCCCCCCCCCCCCCCCC. The van der Waals surface area contributed by atoms with Gasteiger partial charge in [0.1, 0.15) is 13.2 Å². The summed E-state index contributed by atoms with van der Waals surface area (Å²) in [4.78, 5) is 37.8. The monoisotopic (exact) mass is 909 g/mol.